The summed E-state index contributed by atoms with van der Waals surface area (Å²) in [6.45, 7) is 3.90. The van der Waals surface area contributed by atoms with Gasteiger partial charge in [-0.3, -0.25) is 14.4 Å². The Morgan fingerprint density at radius 1 is 1.26 bits per heavy atom. The van der Waals surface area contributed by atoms with E-state index in [1.165, 1.54) is 12.1 Å². The van der Waals surface area contributed by atoms with E-state index in [9.17, 15) is 18.8 Å². The summed E-state index contributed by atoms with van der Waals surface area (Å²) in [5.74, 6) is -1.37. The Morgan fingerprint density at radius 3 is 2.68 bits per heavy atom. The van der Waals surface area contributed by atoms with Gasteiger partial charge in [-0.2, -0.15) is 0 Å². The zero-order chi connectivity index (χ0) is 22.4. The summed E-state index contributed by atoms with van der Waals surface area (Å²) in [5.41, 5.74) is 0.698. The molecule has 1 saturated heterocycles. The topological polar surface area (TPSA) is 87.7 Å². The van der Waals surface area contributed by atoms with E-state index in [1.54, 1.807) is 41.3 Å². The smallest absolute Gasteiger partial charge is 0.262 e. The average Bonchev–Trinajstić information content (AvgIpc) is 3.14. The maximum atomic E-state index is 13.8. The molecule has 1 fully saturated rings. The van der Waals surface area contributed by atoms with Gasteiger partial charge >= 0.3 is 0 Å². The van der Waals surface area contributed by atoms with E-state index in [1.807, 2.05) is 0 Å². The monoisotopic (exact) mass is 489 g/mol. The van der Waals surface area contributed by atoms with Crippen LogP contribution in [0.4, 0.5) is 15.8 Å². The van der Waals surface area contributed by atoms with Crippen LogP contribution in [0.15, 0.2) is 59.6 Å². The van der Waals surface area contributed by atoms with E-state index < -0.39 is 17.6 Å². The van der Waals surface area contributed by atoms with Crippen molar-refractivity contribution in [3.8, 4) is 5.75 Å². The first-order valence-corrected chi connectivity index (χ1v) is 10.3. The lowest BCUT2D eigenvalue weighted by atomic mass is 10.1. The molecule has 0 aromatic heterocycles. The highest BCUT2D eigenvalue weighted by atomic mass is 79.9. The van der Waals surface area contributed by atoms with E-state index in [2.05, 4.69) is 33.1 Å². The fourth-order valence-electron chi connectivity index (χ4n) is 3.10. The molecule has 0 spiro atoms. The van der Waals surface area contributed by atoms with Crippen LogP contribution in [0, 0.1) is 11.7 Å². The number of amides is 3. The number of anilines is 2. The van der Waals surface area contributed by atoms with E-state index in [4.69, 9.17) is 4.74 Å². The number of carbonyl (C=O) groups is 3. The van der Waals surface area contributed by atoms with Gasteiger partial charge in [-0.25, -0.2) is 4.39 Å². The zero-order valence-corrected chi connectivity index (χ0v) is 18.2. The number of hydrogen-bond acceptors (Lipinski definition) is 4. The third kappa shape index (κ3) is 5.91. The highest BCUT2D eigenvalue weighted by Gasteiger charge is 2.34. The second kappa shape index (κ2) is 10.2. The molecule has 0 aliphatic carbocycles. The Morgan fingerprint density at radius 2 is 2.00 bits per heavy atom. The summed E-state index contributed by atoms with van der Waals surface area (Å²) in [4.78, 5) is 37.9. The number of ether oxygens (including phenoxy) is 1. The molecule has 3 amide bonds. The van der Waals surface area contributed by atoms with Crippen LogP contribution in [-0.2, 0) is 14.4 Å². The van der Waals surface area contributed by atoms with E-state index >= 15 is 0 Å². The molecule has 0 unspecified atom stereocenters. The normalized spacial score (nSPS) is 15.5. The fourth-order valence-corrected chi connectivity index (χ4v) is 3.43. The van der Waals surface area contributed by atoms with Crippen LogP contribution in [0.5, 0.6) is 5.75 Å². The Bertz CT molecular complexity index is 997. The molecule has 3 rings (SSSR count). The van der Waals surface area contributed by atoms with E-state index in [0.29, 0.717) is 29.0 Å². The molecule has 7 nitrogen and oxygen atoms in total. The summed E-state index contributed by atoms with van der Waals surface area (Å²) in [6, 6.07) is 10.9. The van der Waals surface area contributed by atoms with Gasteiger partial charge in [-0.1, -0.05) is 22.0 Å². The molecule has 1 heterocycles. The number of nitrogens with zero attached hydrogens (tertiary/aromatic N) is 1. The van der Waals surface area contributed by atoms with Crippen LogP contribution >= 0.6 is 15.9 Å². The van der Waals surface area contributed by atoms with Crippen LogP contribution in [0.3, 0.4) is 0 Å². The minimum absolute atomic E-state index is 0.0615. The molecule has 2 aromatic rings. The second-order valence-electron chi connectivity index (χ2n) is 6.89. The second-order valence-corrected chi connectivity index (χ2v) is 7.81. The SMILES string of the molecule is C=CCNC(=O)[C@@H]1CC(=O)N(c2ccc(OCC(=O)Nc3ccc(Br)cc3F)cc2)C1. The van der Waals surface area contributed by atoms with Gasteiger partial charge in [0.25, 0.3) is 5.91 Å². The Balaban J connectivity index is 1.53. The van der Waals surface area contributed by atoms with E-state index in [-0.39, 0.29) is 30.5 Å². The van der Waals surface area contributed by atoms with Crippen molar-refractivity contribution < 1.29 is 23.5 Å². The molecule has 0 saturated carbocycles. The molecule has 2 aromatic carbocycles. The van der Waals surface area contributed by atoms with Crippen molar-refractivity contribution in [2.45, 2.75) is 6.42 Å². The lowest BCUT2D eigenvalue weighted by molar-refractivity contribution is -0.126. The zero-order valence-electron chi connectivity index (χ0n) is 16.6. The minimum Gasteiger partial charge on any atom is -0.484 e. The van der Waals surface area contributed by atoms with Gasteiger partial charge in [0.2, 0.25) is 11.8 Å². The lowest BCUT2D eigenvalue weighted by Crippen LogP contribution is -2.32. The van der Waals surface area contributed by atoms with Gasteiger partial charge in [-0.15, -0.1) is 6.58 Å². The molecule has 1 atom stereocenters. The molecule has 1 aliphatic heterocycles. The maximum Gasteiger partial charge on any atom is 0.262 e. The average molecular weight is 490 g/mol. The molecule has 162 valence electrons. The molecule has 1 aliphatic rings. The highest BCUT2D eigenvalue weighted by molar-refractivity contribution is 9.10. The van der Waals surface area contributed by atoms with Crippen LogP contribution in [0.25, 0.3) is 0 Å². The standard InChI is InChI=1S/C22H21BrFN3O4/c1-2-9-25-22(30)14-10-21(29)27(12-14)16-4-6-17(7-5-16)31-13-20(28)26-19-8-3-15(23)11-18(19)24/h2-8,11,14H,1,9-10,12-13H2,(H,25,30)(H,26,28)/t14-/m1/s1. The van der Waals surface area contributed by atoms with Crippen molar-refractivity contribution in [3.05, 3.63) is 65.4 Å². The van der Waals surface area contributed by atoms with Gasteiger partial charge in [0.15, 0.2) is 6.61 Å². The molecule has 2 N–H and O–H groups in total. The van der Waals surface area contributed by atoms with Gasteiger partial charge in [0, 0.05) is 29.7 Å². The van der Waals surface area contributed by atoms with Gasteiger partial charge in [-0.05, 0) is 42.5 Å². The number of carbonyl (C=O) groups excluding carboxylic acids is 3. The molecule has 0 radical (unpaired) electrons. The molecule has 0 bridgehead atoms. The summed E-state index contributed by atoms with van der Waals surface area (Å²) >= 11 is 3.15. The summed E-state index contributed by atoms with van der Waals surface area (Å²) < 4.78 is 19.8. The van der Waals surface area contributed by atoms with Crippen LogP contribution < -0.4 is 20.3 Å². The van der Waals surface area contributed by atoms with Crippen molar-refractivity contribution in [1.29, 1.82) is 0 Å². The summed E-state index contributed by atoms with van der Waals surface area (Å²) in [5, 5.41) is 5.15. The molecule has 9 heteroatoms. The first-order chi connectivity index (χ1) is 14.9. The van der Waals surface area contributed by atoms with Crippen LogP contribution in [0.1, 0.15) is 6.42 Å². The third-order valence-corrected chi connectivity index (χ3v) is 5.13. The lowest BCUT2D eigenvalue weighted by Gasteiger charge is -2.17. The predicted molar refractivity (Wildman–Crippen MR) is 118 cm³/mol. The maximum absolute atomic E-state index is 13.8. The van der Waals surface area contributed by atoms with Crippen molar-refractivity contribution in [2.75, 3.05) is 29.9 Å². The highest BCUT2D eigenvalue weighted by Crippen LogP contribution is 2.27. The van der Waals surface area contributed by atoms with Gasteiger partial charge in [0.05, 0.1) is 11.6 Å². The largest absolute Gasteiger partial charge is 0.484 e. The number of hydrogen-bond donors (Lipinski definition) is 2. The summed E-state index contributed by atoms with van der Waals surface area (Å²) in [7, 11) is 0. The molecular weight excluding hydrogens is 469 g/mol. The Kier molecular flexibility index (Phi) is 7.41. The number of rotatable bonds is 8. The van der Waals surface area contributed by atoms with Crippen molar-refractivity contribution in [3.63, 3.8) is 0 Å². The van der Waals surface area contributed by atoms with Crippen molar-refractivity contribution >= 4 is 45.0 Å². The first kappa shape index (κ1) is 22.5. The number of halogens is 2. The fraction of sp³-hybridized carbons (Fsp3) is 0.227. The predicted octanol–water partition coefficient (Wildman–Crippen LogP) is 3.26. The van der Waals surface area contributed by atoms with Crippen molar-refractivity contribution in [2.24, 2.45) is 5.92 Å². The first-order valence-electron chi connectivity index (χ1n) is 9.54. The van der Waals surface area contributed by atoms with E-state index in [0.717, 1.165) is 0 Å². The van der Waals surface area contributed by atoms with Crippen LogP contribution in [-0.4, -0.2) is 37.4 Å². The number of nitrogens with one attached hydrogen (secondary N) is 2. The van der Waals surface area contributed by atoms with Gasteiger partial charge < -0.3 is 20.3 Å². The molecular formula is C22H21BrFN3O4. The Hall–Kier alpha value is -3.20. The molecule has 31 heavy (non-hydrogen) atoms. The van der Waals surface area contributed by atoms with Crippen molar-refractivity contribution in [1.82, 2.24) is 5.32 Å². The van der Waals surface area contributed by atoms with Crippen LogP contribution in [0.2, 0.25) is 0 Å². The summed E-state index contributed by atoms with van der Waals surface area (Å²) in [6.07, 6.45) is 1.73. The third-order valence-electron chi connectivity index (χ3n) is 4.64. The quantitative estimate of drug-likeness (QED) is 0.557. The minimum atomic E-state index is -0.557. The Labute approximate surface area is 187 Å². The number of benzene rings is 2. The van der Waals surface area contributed by atoms with Gasteiger partial charge in [0.1, 0.15) is 11.6 Å².